The Bertz CT molecular complexity index is 420. The topological polar surface area (TPSA) is 82.7 Å². The zero-order chi connectivity index (χ0) is 13.8. The Kier molecular flexibility index (Phi) is 4.52. The van der Waals surface area contributed by atoms with E-state index in [0.29, 0.717) is 6.04 Å². The molecular formula is C13H23N5O. The second kappa shape index (κ2) is 6.14. The first-order chi connectivity index (χ1) is 9.10. The fourth-order valence-corrected chi connectivity index (χ4v) is 2.41. The van der Waals surface area contributed by atoms with Crippen molar-refractivity contribution in [2.75, 3.05) is 7.05 Å². The van der Waals surface area contributed by atoms with Crippen LogP contribution in [-0.4, -0.2) is 40.2 Å². The number of carbonyl (C=O) groups excluding carboxylic acids is 1. The summed E-state index contributed by atoms with van der Waals surface area (Å²) in [5.74, 6) is 1.08. The van der Waals surface area contributed by atoms with Gasteiger partial charge < -0.3 is 10.6 Å². The maximum atomic E-state index is 12.0. The Morgan fingerprint density at radius 3 is 2.42 bits per heavy atom. The predicted octanol–water partition coefficient (Wildman–Crippen LogP) is 1.19. The summed E-state index contributed by atoms with van der Waals surface area (Å²) >= 11 is 0. The Morgan fingerprint density at radius 1 is 1.26 bits per heavy atom. The van der Waals surface area contributed by atoms with Crippen LogP contribution in [0.4, 0.5) is 0 Å². The highest BCUT2D eigenvalue weighted by Crippen LogP contribution is 2.18. The lowest BCUT2D eigenvalue weighted by Gasteiger charge is -2.28. The average Bonchev–Trinajstić information content (AvgIpc) is 2.89. The maximum absolute atomic E-state index is 12.0. The molecule has 1 aromatic heterocycles. The smallest absolute Gasteiger partial charge is 0.291 e. The van der Waals surface area contributed by atoms with Crippen LogP contribution in [0.1, 0.15) is 61.9 Å². The number of carbonyl (C=O) groups is 1. The number of nitrogens with one attached hydrogen (secondary N) is 3. The summed E-state index contributed by atoms with van der Waals surface area (Å²) < 4.78 is 0. The van der Waals surface area contributed by atoms with Gasteiger partial charge in [0.05, 0.1) is 0 Å². The van der Waals surface area contributed by atoms with E-state index in [1.807, 2.05) is 20.9 Å². The molecular weight excluding hydrogens is 242 g/mol. The molecule has 0 radical (unpaired) electrons. The fourth-order valence-electron chi connectivity index (χ4n) is 2.41. The first kappa shape index (κ1) is 14.0. The standard InChI is InChI=1S/C13H23N5O/c1-8(2)11-16-12(18-17-11)13(19)15-10-6-4-9(14-3)5-7-10/h8-10,14H,4-7H2,1-3H3,(H,15,19)(H,16,17,18). The predicted molar refractivity (Wildman–Crippen MR) is 73.0 cm³/mol. The largest absolute Gasteiger partial charge is 0.347 e. The quantitative estimate of drug-likeness (QED) is 0.763. The zero-order valence-corrected chi connectivity index (χ0v) is 11.9. The van der Waals surface area contributed by atoms with Gasteiger partial charge in [0.15, 0.2) is 0 Å². The molecule has 1 aliphatic rings. The molecule has 1 amide bonds. The van der Waals surface area contributed by atoms with Crippen molar-refractivity contribution in [3.05, 3.63) is 11.6 Å². The molecule has 0 spiro atoms. The van der Waals surface area contributed by atoms with Crippen LogP contribution in [0.3, 0.4) is 0 Å². The van der Waals surface area contributed by atoms with Crippen molar-refractivity contribution >= 4 is 5.91 Å². The SMILES string of the molecule is CNC1CCC(NC(=O)c2n[nH]c(C(C)C)n2)CC1. The van der Waals surface area contributed by atoms with Gasteiger partial charge >= 0.3 is 0 Å². The van der Waals surface area contributed by atoms with Gasteiger partial charge in [0.25, 0.3) is 5.91 Å². The summed E-state index contributed by atoms with van der Waals surface area (Å²) in [5, 5.41) is 13.1. The van der Waals surface area contributed by atoms with E-state index in [1.165, 1.54) is 0 Å². The van der Waals surface area contributed by atoms with Crippen molar-refractivity contribution in [2.24, 2.45) is 0 Å². The van der Waals surface area contributed by atoms with Gasteiger partial charge in [0.2, 0.25) is 5.82 Å². The first-order valence-electron chi connectivity index (χ1n) is 7.00. The highest BCUT2D eigenvalue weighted by atomic mass is 16.2. The molecule has 6 nitrogen and oxygen atoms in total. The summed E-state index contributed by atoms with van der Waals surface area (Å²) in [6, 6.07) is 0.835. The monoisotopic (exact) mass is 265 g/mol. The lowest BCUT2D eigenvalue weighted by Crippen LogP contribution is -2.41. The molecule has 1 saturated carbocycles. The molecule has 0 atom stereocenters. The van der Waals surface area contributed by atoms with Crippen molar-refractivity contribution in [3.8, 4) is 0 Å². The molecule has 0 aromatic carbocycles. The van der Waals surface area contributed by atoms with Crippen LogP contribution in [0, 0.1) is 0 Å². The van der Waals surface area contributed by atoms with Crippen LogP contribution in [0.15, 0.2) is 0 Å². The van der Waals surface area contributed by atoms with E-state index in [1.54, 1.807) is 0 Å². The van der Waals surface area contributed by atoms with Crippen molar-refractivity contribution in [3.63, 3.8) is 0 Å². The molecule has 19 heavy (non-hydrogen) atoms. The van der Waals surface area contributed by atoms with Gasteiger partial charge in [-0.25, -0.2) is 4.98 Å². The molecule has 3 N–H and O–H groups in total. The molecule has 106 valence electrons. The molecule has 1 heterocycles. The van der Waals surface area contributed by atoms with Crippen molar-refractivity contribution in [2.45, 2.75) is 57.5 Å². The van der Waals surface area contributed by atoms with Crippen molar-refractivity contribution in [1.82, 2.24) is 25.8 Å². The van der Waals surface area contributed by atoms with Crippen LogP contribution in [0.25, 0.3) is 0 Å². The van der Waals surface area contributed by atoms with Crippen LogP contribution < -0.4 is 10.6 Å². The minimum Gasteiger partial charge on any atom is -0.347 e. The number of aromatic amines is 1. The van der Waals surface area contributed by atoms with Gasteiger partial charge in [-0.15, -0.1) is 5.10 Å². The normalized spacial score (nSPS) is 23.6. The van der Waals surface area contributed by atoms with E-state index in [9.17, 15) is 4.79 Å². The van der Waals surface area contributed by atoms with Crippen LogP contribution >= 0.6 is 0 Å². The summed E-state index contributed by atoms with van der Waals surface area (Å²) in [6.07, 6.45) is 4.23. The highest BCUT2D eigenvalue weighted by Gasteiger charge is 2.23. The molecule has 0 aliphatic heterocycles. The third-order valence-corrected chi connectivity index (χ3v) is 3.72. The molecule has 2 rings (SSSR count). The van der Waals surface area contributed by atoms with Crippen LogP contribution in [-0.2, 0) is 0 Å². The van der Waals surface area contributed by atoms with Gasteiger partial charge in [0, 0.05) is 18.0 Å². The number of H-pyrrole nitrogens is 1. The van der Waals surface area contributed by atoms with E-state index < -0.39 is 0 Å². The van der Waals surface area contributed by atoms with Crippen LogP contribution in [0.5, 0.6) is 0 Å². The average molecular weight is 265 g/mol. The third-order valence-electron chi connectivity index (χ3n) is 3.72. The minimum atomic E-state index is -0.170. The summed E-state index contributed by atoms with van der Waals surface area (Å²) in [4.78, 5) is 16.2. The molecule has 0 unspecified atom stereocenters. The Labute approximate surface area is 113 Å². The third kappa shape index (κ3) is 3.53. The molecule has 1 aromatic rings. The van der Waals surface area contributed by atoms with E-state index in [2.05, 4.69) is 25.8 Å². The number of rotatable bonds is 4. The Balaban J connectivity index is 1.87. The molecule has 0 saturated heterocycles. The number of amides is 1. The van der Waals surface area contributed by atoms with Gasteiger partial charge in [-0.05, 0) is 32.7 Å². The number of nitrogens with zero attached hydrogens (tertiary/aromatic N) is 2. The Hall–Kier alpha value is -1.43. The van der Waals surface area contributed by atoms with E-state index in [4.69, 9.17) is 0 Å². The molecule has 1 aliphatic carbocycles. The molecule has 6 heteroatoms. The summed E-state index contributed by atoms with van der Waals surface area (Å²) in [6.45, 7) is 4.03. The van der Waals surface area contributed by atoms with Crippen molar-refractivity contribution in [1.29, 1.82) is 0 Å². The zero-order valence-electron chi connectivity index (χ0n) is 11.9. The number of hydrogen-bond acceptors (Lipinski definition) is 4. The van der Waals surface area contributed by atoms with E-state index in [-0.39, 0.29) is 23.7 Å². The number of hydrogen-bond donors (Lipinski definition) is 3. The molecule has 0 bridgehead atoms. The second-order valence-electron chi connectivity index (χ2n) is 5.51. The lowest BCUT2D eigenvalue weighted by molar-refractivity contribution is 0.0914. The van der Waals surface area contributed by atoms with E-state index in [0.717, 1.165) is 31.5 Å². The number of aromatic nitrogens is 3. The van der Waals surface area contributed by atoms with Gasteiger partial charge in [0.1, 0.15) is 5.82 Å². The highest BCUT2D eigenvalue weighted by molar-refractivity contribution is 5.90. The summed E-state index contributed by atoms with van der Waals surface area (Å²) in [7, 11) is 1.99. The van der Waals surface area contributed by atoms with Gasteiger partial charge in [-0.2, -0.15) is 0 Å². The first-order valence-corrected chi connectivity index (χ1v) is 7.00. The van der Waals surface area contributed by atoms with Gasteiger partial charge in [-0.1, -0.05) is 13.8 Å². The van der Waals surface area contributed by atoms with Gasteiger partial charge in [-0.3, -0.25) is 9.89 Å². The maximum Gasteiger partial charge on any atom is 0.291 e. The minimum absolute atomic E-state index is 0.170. The van der Waals surface area contributed by atoms with Crippen molar-refractivity contribution < 1.29 is 4.79 Å². The summed E-state index contributed by atoms with van der Waals surface area (Å²) in [5.41, 5.74) is 0. The lowest BCUT2D eigenvalue weighted by atomic mass is 9.91. The Morgan fingerprint density at radius 2 is 1.89 bits per heavy atom. The fraction of sp³-hybridized carbons (Fsp3) is 0.769. The van der Waals surface area contributed by atoms with E-state index >= 15 is 0 Å². The molecule has 1 fully saturated rings. The van der Waals surface area contributed by atoms with Crippen LogP contribution in [0.2, 0.25) is 0 Å². The second-order valence-corrected chi connectivity index (χ2v) is 5.51.